The molecule has 0 spiro atoms. The van der Waals surface area contributed by atoms with E-state index in [0.29, 0.717) is 17.3 Å². The lowest BCUT2D eigenvalue weighted by molar-refractivity contribution is 0.229. The maximum absolute atomic E-state index is 9.28. The Bertz CT molecular complexity index is 772. The highest BCUT2D eigenvalue weighted by atomic mass is 35.5. The first kappa shape index (κ1) is 16.5. The number of nitrogen functional groups attached to an aromatic ring is 1. The molecule has 2 atom stereocenters. The fraction of sp³-hybridized carbons (Fsp3) is 0.353. The Balaban J connectivity index is 1.87. The third-order valence-electron chi connectivity index (χ3n) is 4.02. The normalized spacial score (nSPS) is 19.6. The summed E-state index contributed by atoms with van der Waals surface area (Å²) in [6.45, 7) is 0.207. The Morgan fingerprint density at radius 1 is 1.33 bits per heavy atom. The van der Waals surface area contributed by atoms with E-state index in [1.165, 1.54) is 0 Å². The van der Waals surface area contributed by atoms with Gasteiger partial charge in [-0.15, -0.1) is 0 Å². The number of hydrogen-bond donors (Lipinski definition) is 3. The van der Waals surface area contributed by atoms with Crippen LogP contribution in [0.2, 0.25) is 5.15 Å². The summed E-state index contributed by atoms with van der Waals surface area (Å²) in [5, 5.41) is 12.8. The van der Waals surface area contributed by atoms with Gasteiger partial charge in [0.05, 0.1) is 0 Å². The summed E-state index contributed by atoms with van der Waals surface area (Å²) in [5.74, 6) is 6.98. The van der Waals surface area contributed by atoms with Crippen LogP contribution in [-0.4, -0.2) is 32.7 Å². The van der Waals surface area contributed by atoms with Crippen molar-refractivity contribution in [3.05, 3.63) is 40.8 Å². The molecule has 0 unspecified atom stereocenters. The summed E-state index contributed by atoms with van der Waals surface area (Å²) in [6.07, 6.45) is 6.19. The number of halogens is 1. The fourth-order valence-corrected chi connectivity index (χ4v) is 3.02. The van der Waals surface area contributed by atoms with E-state index in [1.54, 1.807) is 12.4 Å². The van der Waals surface area contributed by atoms with Crippen LogP contribution in [-0.2, 0) is 0 Å². The van der Waals surface area contributed by atoms with Gasteiger partial charge in [0.2, 0.25) is 5.95 Å². The lowest BCUT2D eigenvalue weighted by Gasteiger charge is -2.15. The summed E-state index contributed by atoms with van der Waals surface area (Å²) < 4.78 is 0. The maximum Gasteiger partial charge on any atom is 0.223 e. The highest BCUT2D eigenvalue weighted by Crippen LogP contribution is 2.29. The second-order valence-electron chi connectivity index (χ2n) is 5.79. The second-order valence-corrected chi connectivity index (χ2v) is 6.15. The molecule has 2 heterocycles. The van der Waals surface area contributed by atoms with Gasteiger partial charge < -0.3 is 16.2 Å². The van der Waals surface area contributed by atoms with Crippen LogP contribution in [0.25, 0.3) is 0 Å². The Morgan fingerprint density at radius 3 is 2.92 bits per heavy atom. The standard InChI is InChI=1S/C17H18ClN5O/c18-15-14(6-4-11-2-1-7-20-9-11)16(23-17(19)22-15)21-13-5-3-12(8-13)10-24/h1-2,7,9,12-13,24H,3,5,8,10H2,(H3,19,21,22,23)/t12-,13+/m1/s1. The molecule has 4 N–H and O–H groups in total. The minimum Gasteiger partial charge on any atom is -0.396 e. The molecule has 0 saturated heterocycles. The zero-order valence-electron chi connectivity index (χ0n) is 13.0. The van der Waals surface area contributed by atoms with Gasteiger partial charge in [0.15, 0.2) is 5.15 Å². The summed E-state index contributed by atoms with van der Waals surface area (Å²) in [7, 11) is 0. The van der Waals surface area contributed by atoms with Crippen molar-refractivity contribution in [2.24, 2.45) is 5.92 Å². The molecule has 7 heteroatoms. The molecule has 3 rings (SSSR count). The molecule has 0 aliphatic heterocycles. The number of aliphatic hydroxyl groups excluding tert-OH is 1. The van der Waals surface area contributed by atoms with Crippen molar-refractivity contribution in [3.63, 3.8) is 0 Å². The van der Waals surface area contributed by atoms with Crippen LogP contribution < -0.4 is 11.1 Å². The van der Waals surface area contributed by atoms with Crippen molar-refractivity contribution in [1.82, 2.24) is 15.0 Å². The van der Waals surface area contributed by atoms with E-state index >= 15 is 0 Å². The van der Waals surface area contributed by atoms with Crippen molar-refractivity contribution in [3.8, 4) is 11.8 Å². The number of anilines is 2. The minimum absolute atomic E-state index is 0.103. The molecule has 2 aromatic rings. The monoisotopic (exact) mass is 343 g/mol. The zero-order valence-corrected chi connectivity index (χ0v) is 13.8. The molecule has 1 saturated carbocycles. The molecule has 1 fully saturated rings. The molecule has 2 aromatic heterocycles. The highest BCUT2D eigenvalue weighted by molar-refractivity contribution is 6.31. The summed E-state index contributed by atoms with van der Waals surface area (Å²) in [5.41, 5.74) is 7.01. The number of rotatable bonds is 3. The van der Waals surface area contributed by atoms with Gasteiger partial charge in [0, 0.05) is 30.6 Å². The first-order chi connectivity index (χ1) is 11.7. The van der Waals surface area contributed by atoms with E-state index in [4.69, 9.17) is 17.3 Å². The van der Waals surface area contributed by atoms with Crippen LogP contribution in [0, 0.1) is 17.8 Å². The maximum atomic E-state index is 9.28. The number of pyridine rings is 1. The smallest absolute Gasteiger partial charge is 0.223 e. The lowest BCUT2D eigenvalue weighted by Crippen LogP contribution is -2.19. The van der Waals surface area contributed by atoms with Gasteiger partial charge in [0.25, 0.3) is 0 Å². The van der Waals surface area contributed by atoms with Gasteiger partial charge in [-0.1, -0.05) is 23.4 Å². The summed E-state index contributed by atoms with van der Waals surface area (Å²) in [4.78, 5) is 12.3. The van der Waals surface area contributed by atoms with Crippen molar-refractivity contribution < 1.29 is 5.11 Å². The molecule has 124 valence electrons. The quantitative estimate of drug-likeness (QED) is 0.583. The number of nitrogens with one attached hydrogen (secondary N) is 1. The Labute approximate surface area is 145 Å². The first-order valence-electron chi connectivity index (χ1n) is 7.78. The van der Waals surface area contributed by atoms with Gasteiger partial charge in [-0.3, -0.25) is 4.98 Å². The lowest BCUT2D eigenvalue weighted by atomic mass is 10.1. The molecule has 6 nitrogen and oxygen atoms in total. The van der Waals surface area contributed by atoms with E-state index in [2.05, 4.69) is 32.1 Å². The largest absolute Gasteiger partial charge is 0.396 e. The third kappa shape index (κ3) is 3.94. The van der Waals surface area contributed by atoms with Gasteiger partial charge in [-0.2, -0.15) is 9.97 Å². The van der Waals surface area contributed by atoms with Gasteiger partial charge in [0.1, 0.15) is 11.4 Å². The minimum atomic E-state index is 0.103. The molecular formula is C17H18ClN5O. The van der Waals surface area contributed by atoms with Gasteiger partial charge >= 0.3 is 0 Å². The second kappa shape index (κ2) is 7.47. The van der Waals surface area contributed by atoms with E-state index in [1.807, 2.05) is 12.1 Å². The van der Waals surface area contributed by atoms with Crippen LogP contribution in [0.5, 0.6) is 0 Å². The fourth-order valence-electron chi connectivity index (χ4n) is 2.80. The number of aliphatic hydroxyl groups is 1. The average molecular weight is 344 g/mol. The van der Waals surface area contributed by atoms with Crippen LogP contribution in [0.4, 0.5) is 11.8 Å². The molecule has 0 aromatic carbocycles. The Hall–Kier alpha value is -2.36. The number of hydrogen-bond acceptors (Lipinski definition) is 6. The summed E-state index contributed by atoms with van der Waals surface area (Å²) >= 11 is 6.21. The van der Waals surface area contributed by atoms with Crippen molar-refractivity contribution >= 4 is 23.4 Å². The first-order valence-corrected chi connectivity index (χ1v) is 8.16. The Kier molecular flexibility index (Phi) is 5.14. The topological polar surface area (TPSA) is 97.0 Å². The molecule has 1 aliphatic rings. The number of aromatic nitrogens is 3. The van der Waals surface area contributed by atoms with Crippen LogP contribution in [0.1, 0.15) is 30.4 Å². The van der Waals surface area contributed by atoms with Gasteiger partial charge in [-0.25, -0.2) is 0 Å². The van der Waals surface area contributed by atoms with Crippen LogP contribution in [0.3, 0.4) is 0 Å². The highest BCUT2D eigenvalue weighted by Gasteiger charge is 2.25. The van der Waals surface area contributed by atoms with Crippen LogP contribution >= 0.6 is 11.6 Å². The zero-order chi connectivity index (χ0) is 16.9. The molecule has 0 amide bonds. The van der Waals surface area contributed by atoms with Gasteiger partial charge in [-0.05, 0) is 37.3 Å². The molecule has 1 aliphatic carbocycles. The predicted molar refractivity (Wildman–Crippen MR) is 93.5 cm³/mol. The van der Waals surface area contributed by atoms with E-state index in [0.717, 1.165) is 24.8 Å². The van der Waals surface area contributed by atoms with Crippen molar-refractivity contribution in [2.75, 3.05) is 17.7 Å². The summed E-state index contributed by atoms with van der Waals surface area (Å²) in [6, 6.07) is 3.89. The third-order valence-corrected chi connectivity index (χ3v) is 4.29. The van der Waals surface area contributed by atoms with E-state index in [-0.39, 0.29) is 23.8 Å². The number of nitrogens with two attached hydrogens (primary N) is 1. The van der Waals surface area contributed by atoms with Crippen LogP contribution in [0.15, 0.2) is 24.5 Å². The molecule has 0 bridgehead atoms. The van der Waals surface area contributed by atoms with Crippen molar-refractivity contribution in [2.45, 2.75) is 25.3 Å². The number of nitrogens with zero attached hydrogens (tertiary/aromatic N) is 3. The predicted octanol–water partition coefficient (Wildman–Crippen LogP) is 2.08. The SMILES string of the molecule is Nc1nc(Cl)c(C#Cc2cccnc2)c(N[C@H]2CC[C@@H](CO)C2)n1. The average Bonchev–Trinajstić information content (AvgIpc) is 3.02. The molecule has 0 radical (unpaired) electrons. The molecular weight excluding hydrogens is 326 g/mol. The Morgan fingerprint density at radius 2 is 2.21 bits per heavy atom. The van der Waals surface area contributed by atoms with E-state index < -0.39 is 0 Å². The van der Waals surface area contributed by atoms with Crippen molar-refractivity contribution in [1.29, 1.82) is 0 Å². The molecule has 24 heavy (non-hydrogen) atoms. The van der Waals surface area contributed by atoms with E-state index in [9.17, 15) is 5.11 Å².